The van der Waals surface area contributed by atoms with E-state index >= 15 is 0 Å². The summed E-state index contributed by atoms with van der Waals surface area (Å²) in [5.74, 6) is -1.26. The molecule has 164 valence electrons. The Balaban J connectivity index is 2.02. The fraction of sp³-hybridized carbons (Fsp3) is 0.333. The fourth-order valence-electron chi connectivity index (χ4n) is 2.72. The van der Waals surface area contributed by atoms with Crippen molar-refractivity contribution in [1.82, 2.24) is 9.88 Å². The normalized spacial score (nSPS) is 11.0. The van der Waals surface area contributed by atoms with Crippen LogP contribution in [0.3, 0.4) is 0 Å². The number of nitrogens with one attached hydrogen (secondary N) is 1. The van der Waals surface area contributed by atoms with E-state index in [1.165, 1.54) is 19.2 Å². The van der Waals surface area contributed by atoms with Crippen molar-refractivity contribution in [3.63, 3.8) is 0 Å². The number of benzene rings is 1. The lowest BCUT2D eigenvalue weighted by atomic mass is 10.1. The van der Waals surface area contributed by atoms with Gasteiger partial charge in [0.05, 0.1) is 29.1 Å². The number of halogens is 3. The highest BCUT2D eigenvalue weighted by atomic mass is 32.2. The SMILES string of the molecule is Cc1nc(SCC(=O)N(C)CC(=O)Nc2ccccc2C(F)(F)F)c(C#N)c(C)c1C. The number of amides is 2. The Bertz CT molecular complexity index is 1050. The molecule has 10 heteroatoms. The van der Waals surface area contributed by atoms with Gasteiger partial charge in [-0.3, -0.25) is 9.59 Å². The maximum Gasteiger partial charge on any atom is 0.418 e. The maximum absolute atomic E-state index is 13.0. The molecule has 1 heterocycles. The number of para-hydroxylation sites is 1. The number of alkyl halides is 3. The maximum atomic E-state index is 13.0. The first-order valence-electron chi connectivity index (χ1n) is 9.16. The van der Waals surface area contributed by atoms with Gasteiger partial charge in [0.2, 0.25) is 11.8 Å². The summed E-state index contributed by atoms with van der Waals surface area (Å²) >= 11 is 1.08. The average Bonchev–Trinajstić information content (AvgIpc) is 2.69. The predicted molar refractivity (Wildman–Crippen MR) is 112 cm³/mol. The molecule has 0 spiro atoms. The van der Waals surface area contributed by atoms with E-state index in [0.717, 1.165) is 45.6 Å². The lowest BCUT2D eigenvalue weighted by Gasteiger charge is -2.18. The zero-order chi connectivity index (χ0) is 23.3. The number of aromatic nitrogens is 1. The summed E-state index contributed by atoms with van der Waals surface area (Å²) in [6, 6.07) is 6.72. The first-order chi connectivity index (χ1) is 14.5. The quantitative estimate of drug-likeness (QED) is 0.670. The van der Waals surface area contributed by atoms with E-state index in [9.17, 15) is 28.0 Å². The van der Waals surface area contributed by atoms with Crippen LogP contribution in [-0.2, 0) is 15.8 Å². The molecule has 6 nitrogen and oxygen atoms in total. The van der Waals surface area contributed by atoms with Gasteiger partial charge in [-0.1, -0.05) is 23.9 Å². The van der Waals surface area contributed by atoms with Gasteiger partial charge < -0.3 is 10.2 Å². The Morgan fingerprint density at radius 2 is 1.84 bits per heavy atom. The third-order valence-electron chi connectivity index (χ3n) is 4.72. The molecule has 1 aromatic carbocycles. The molecule has 1 N–H and O–H groups in total. The minimum atomic E-state index is -4.61. The van der Waals surface area contributed by atoms with E-state index in [0.29, 0.717) is 10.6 Å². The Morgan fingerprint density at radius 1 is 1.19 bits per heavy atom. The van der Waals surface area contributed by atoms with Gasteiger partial charge in [-0.15, -0.1) is 0 Å². The van der Waals surface area contributed by atoms with Crippen molar-refractivity contribution in [3.8, 4) is 6.07 Å². The highest BCUT2D eigenvalue weighted by Gasteiger charge is 2.33. The average molecular weight is 450 g/mol. The molecule has 0 aliphatic carbocycles. The van der Waals surface area contributed by atoms with Crippen molar-refractivity contribution in [1.29, 1.82) is 5.26 Å². The van der Waals surface area contributed by atoms with Crippen LogP contribution in [0.5, 0.6) is 0 Å². The molecule has 0 aliphatic heterocycles. The number of nitriles is 1. The van der Waals surface area contributed by atoms with Crippen molar-refractivity contribution in [2.24, 2.45) is 0 Å². The van der Waals surface area contributed by atoms with E-state index in [-0.39, 0.29) is 11.4 Å². The first-order valence-corrected chi connectivity index (χ1v) is 10.1. The minimum absolute atomic E-state index is 0.0768. The molecule has 0 unspecified atom stereocenters. The monoisotopic (exact) mass is 450 g/mol. The van der Waals surface area contributed by atoms with Gasteiger partial charge in [0, 0.05) is 12.7 Å². The third kappa shape index (κ3) is 5.98. The molecule has 0 aliphatic rings. The van der Waals surface area contributed by atoms with E-state index in [4.69, 9.17) is 0 Å². The number of likely N-dealkylation sites (N-methyl/N-ethyl adjacent to an activating group) is 1. The second-order valence-corrected chi connectivity index (χ2v) is 7.83. The molecule has 0 radical (unpaired) electrons. The molecular formula is C21H21F3N4O2S. The Kier molecular flexibility index (Phi) is 7.68. The summed E-state index contributed by atoms with van der Waals surface area (Å²) in [6.07, 6.45) is -4.61. The van der Waals surface area contributed by atoms with Gasteiger partial charge in [0.15, 0.2) is 0 Å². The van der Waals surface area contributed by atoms with Crippen LogP contribution in [0.25, 0.3) is 0 Å². The summed E-state index contributed by atoms with van der Waals surface area (Å²) < 4.78 is 39.1. The number of hydrogen-bond acceptors (Lipinski definition) is 5. The van der Waals surface area contributed by atoms with Gasteiger partial charge in [-0.25, -0.2) is 4.98 Å². The molecule has 0 atom stereocenters. The zero-order valence-corrected chi connectivity index (χ0v) is 18.2. The van der Waals surface area contributed by atoms with Crippen molar-refractivity contribution >= 4 is 29.3 Å². The molecular weight excluding hydrogens is 429 g/mol. The van der Waals surface area contributed by atoms with Gasteiger partial charge in [0.25, 0.3) is 0 Å². The number of rotatable bonds is 6. The number of pyridine rings is 1. The molecule has 2 aromatic rings. The number of thioether (sulfide) groups is 1. The van der Waals surface area contributed by atoms with Crippen LogP contribution in [-0.4, -0.2) is 41.0 Å². The zero-order valence-electron chi connectivity index (χ0n) is 17.4. The minimum Gasteiger partial charge on any atom is -0.336 e. The predicted octanol–water partition coefficient (Wildman–Crippen LogP) is 4.09. The number of hydrogen-bond donors (Lipinski definition) is 1. The molecule has 0 fully saturated rings. The number of nitrogens with zero attached hydrogens (tertiary/aromatic N) is 3. The van der Waals surface area contributed by atoms with Crippen molar-refractivity contribution in [3.05, 3.63) is 52.2 Å². The van der Waals surface area contributed by atoms with Crippen molar-refractivity contribution in [2.75, 3.05) is 24.7 Å². The van der Waals surface area contributed by atoms with Crippen molar-refractivity contribution in [2.45, 2.75) is 32.0 Å². The molecule has 31 heavy (non-hydrogen) atoms. The Hall–Kier alpha value is -3.06. The van der Waals surface area contributed by atoms with Crippen LogP contribution in [0.4, 0.5) is 18.9 Å². The summed E-state index contributed by atoms with van der Waals surface area (Å²) in [7, 11) is 1.38. The van der Waals surface area contributed by atoms with Gasteiger partial charge in [-0.05, 0) is 44.0 Å². The summed E-state index contributed by atoms with van der Waals surface area (Å²) in [5.41, 5.74) is 1.51. The Labute approximate surface area is 182 Å². The lowest BCUT2D eigenvalue weighted by molar-refractivity contribution is -0.137. The molecule has 0 saturated carbocycles. The highest BCUT2D eigenvalue weighted by Crippen LogP contribution is 2.34. The molecule has 2 amide bonds. The molecule has 0 bridgehead atoms. The fourth-order valence-corrected chi connectivity index (χ4v) is 3.75. The molecule has 2 rings (SSSR count). The largest absolute Gasteiger partial charge is 0.418 e. The third-order valence-corrected chi connectivity index (χ3v) is 5.68. The molecule has 1 aromatic heterocycles. The number of aryl methyl sites for hydroxylation is 1. The van der Waals surface area contributed by atoms with E-state index < -0.39 is 30.1 Å². The van der Waals surface area contributed by atoms with E-state index in [1.54, 1.807) is 0 Å². The van der Waals surface area contributed by atoms with Crippen LogP contribution in [0, 0.1) is 32.1 Å². The van der Waals surface area contributed by atoms with Crippen LogP contribution in [0.1, 0.15) is 27.9 Å². The summed E-state index contributed by atoms with van der Waals surface area (Å²) in [5, 5.41) is 12.0. The highest BCUT2D eigenvalue weighted by molar-refractivity contribution is 8.00. The first kappa shape index (κ1) is 24.2. The van der Waals surface area contributed by atoms with Gasteiger partial charge >= 0.3 is 6.18 Å². The Morgan fingerprint density at radius 3 is 2.45 bits per heavy atom. The second kappa shape index (κ2) is 9.83. The summed E-state index contributed by atoms with van der Waals surface area (Å²) in [4.78, 5) is 30.1. The lowest BCUT2D eigenvalue weighted by Crippen LogP contribution is -2.36. The number of carbonyl (C=O) groups is 2. The topological polar surface area (TPSA) is 86.1 Å². The molecule has 0 saturated heterocycles. The van der Waals surface area contributed by atoms with Crippen LogP contribution in [0.15, 0.2) is 29.3 Å². The van der Waals surface area contributed by atoms with E-state index in [2.05, 4.69) is 16.4 Å². The van der Waals surface area contributed by atoms with Crippen LogP contribution in [0.2, 0.25) is 0 Å². The van der Waals surface area contributed by atoms with Gasteiger partial charge in [0.1, 0.15) is 11.1 Å². The summed E-state index contributed by atoms with van der Waals surface area (Å²) in [6.45, 7) is 5.06. The van der Waals surface area contributed by atoms with E-state index in [1.807, 2.05) is 20.8 Å². The van der Waals surface area contributed by atoms with Crippen LogP contribution < -0.4 is 5.32 Å². The second-order valence-electron chi connectivity index (χ2n) is 6.87. The van der Waals surface area contributed by atoms with Crippen molar-refractivity contribution < 1.29 is 22.8 Å². The smallest absolute Gasteiger partial charge is 0.336 e. The standard InChI is InChI=1S/C21H21F3N4O2S/c1-12-13(2)15(9-25)20(26-14(12)3)31-11-19(30)28(4)10-18(29)27-17-8-6-5-7-16(17)21(22,23)24/h5-8H,10-11H2,1-4H3,(H,27,29). The number of anilines is 1. The van der Waals surface area contributed by atoms with Crippen LogP contribution >= 0.6 is 11.8 Å². The van der Waals surface area contributed by atoms with Gasteiger partial charge in [-0.2, -0.15) is 18.4 Å². The number of carbonyl (C=O) groups excluding carboxylic acids is 2.